The molecule has 0 fully saturated rings. The van der Waals surface area contributed by atoms with E-state index in [-0.39, 0.29) is 5.75 Å². The van der Waals surface area contributed by atoms with Gasteiger partial charge in [-0.2, -0.15) is 0 Å². The average Bonchev–Trinajstić information content (AvgIpc) is 3.18. The maximum absolute atomic E-state index is 9.52. The van der Waals surface area contributed by atoms with E-state index in [2.05, 4.69) is 72.1 Å². The van der Waals surface area contributed by atoms with Gasteiger partial charge in [-0.1, -0.05) is 60.7 Å². The van der Waals surface area contributed by atoms with E-state index in [1.165, 1.54) is 32.1 Å². The normalized spacial score (nSPS) is 12.8. The van der Waals surface area contributed by atoms with E-state index in [1.54, 1.807) is 23.5 Å². The summed E-state index contributed by atoms with van der Waals surface area (Å²) in [6.07, 6.45) is 2.30. The summed E-state index contributed by atoms with van der Waals surface area (Å²) in [5.41, 5.74) is 7.29. The zero-order valence-corrected chi connectivity index (χ0v) is 16.0. The lowest BCUT2D eigenvalue weighted by molar-refractivity contribution is 0.475. The van der Waals surface area contributed by atoms with E-state index in [0.29, 0.717) is 0 Å². The van der Waals surface area contributed by atoms with Crippen molar-refractivity contribution in [3.8, 4) is 27.3 Å². The maximum atomic E-state index is 9.52. The zero-order valence-electron chi connectivity index (χ0n) is 15.2. The van der Waals surface area contributed by atoms with Gasteiger partial charge in [-0.25, -0.2) is 0 Å². The summed E-state index contributed by atoms with van der Waals surface area (Å²) < 4.78 is 0. The smallest absolute Gasteiger partial charge is 0.115 e. The molecule has 0 bridgehead atoms. The first-order chi connectivity index (χ1) is 13.8. The summed E-state index contributed by atoms with van der Waals surface area (Å²) in [6, 6.07) is 28.7. The number of aromatic hydroxyl groups is 1. The van der Waals surface area contributed by atoms with Gasteiger partial charge in [0, 0.05) is 17.0 Å². The molecular weight excluding hydrogens is 362 g/mol. The molecule has 1 aliphatic rings. The molecule has 1 aromatic heterocycles. The van der Waals surface area contributed by atoms with Gasteiger partial charge in [0.15, 0.2) is 0 Å². The van der Waals surface area contributed by atoms with Gasteiger partial charge in [0.1, 0.15) is 5.75 Å². The summed E-state index contributed by atoms with van der Waals surface area (Å²) in [4.78, 5) is 1.25. The first-order valence-corrected chi connectivity index (χ1v) is 10.1. The summed E-state index contributed by atoms with van der Waals surface area (Å²) in [6.45, 7) is 0.852. The minimum Gasteiger partial charge on any atom is -0.508 e. The Morgan fingerprint density at radius 2 is 1.46 bits per heavy atom. The highest BCUT2D eigenvalue weighted by atomic mass is 32.1. The number of anilines is 1. The van der Waals surface area contributed by atoms with Gasteiger partial charge in [0.2, 0.25) is 0 Å². The van der Waals surface area contributed by atoms with Crippen molar-refractivity contribution in [1.29, 1.82) is 0 Å². The van der Waals surface area contributed by atoms with E-state index in [9.17, 15) is 5.11 Å². The van der Waals surface area contributed by atoms with Crippen LogP contribution in [0.2, 0.25) is 0 Å². The SMILES string of the molecule is Oc1ccc(-c2cccc(-c3cc4c(s3)NCC(c3ccccc3)=C4)c2)cc1. The third kappa shape index (κ3) is 3.21. The molecule has 3 aromatic carbocycles. The highest BCUT2D eigenvalue weighted by molar-refractivity contribution is 7.19. The highest BCUT2D eigenvalue weighted by Crippen LogP contribution is 2.40. The molecule has 2 nitrogen and oxygen atoms in total. The third-order valence-electron chi connectivity index (χ3n) is 5.02. The van der Waals surface area contributed by atoms with Crippen molar-refractivity contribution in [1.82, 2.24) is 0 Å². The number of rotatable bonds is 3. The van der Waals surface area contributed by atoms with Gasteiger partial charge in [0.25, 0.3) is 0 Å². The van der Waals surface area contributed by atoms with Crippen molar-refractivity contribution in [2.75, 3.05) is 11.9 Å². The average molecular weight is 382 g/mol. The number of nitrogens with one attached hydrogen (secondary N) is 1. The zero-order chi connectivity index (χ0) is 18.9. The van der Waals surface area contributed by atoms with Crippen LogP contribution in [0.15, 0.2) is 84.9 Å². The van der Waals surface area contributed by atoms with Gasteiger partial charge in [-0.3, -0.25) is 0 Å². The Kier molecular flexibility index (Phi) is 4.22. The Morgan fingerprint density at radius 3 is 2.29 bits per heavy atom. The summed E-state index contributed by atoms with van der Waals surface area (Å²) >= 11 is 1.80. The van der Waals surface area contributed by atoms with Crippen molar-refractivity contribution in [2.24, 2.45) is 0 Å². The van der Waals surface area contributed by atoms with Crippen molar-refractivity contribution in [3.63, 3.8) is 0 Å². The third-order valence-corrected chi connectivity index (χ3v) is 6.18. The molecule has 136 valence electrons. The first-order valence-electron chi connectivity index (χ1n) is 9.30. The summed E-state index contributed by atoms with van der Waals surface area (Å²) in [7, 11) is 0. The standard InChI is InChI=1S/C25H19NOS/c27-23-11-9-18(10-12-23)19-7-4-8-20(13-19)24-15-21-14-22(16-26-25(21)28-24)17-5-2-1-3-6-17/h1-15,26-27H,16H2. The van der Waals surface area contributed by atoms with E-state index in [4.69, 9.17) is 0 Å². The second-order valence-corrected chi connectivity index (χ2v) is 7.96. The van der Waals surface area contributed by atoms with Crippen LogP contribution in [-0.2, 0) is 0 Å². The van der Waals surface area contributed by atoms with Crippen LogP contribution >= 0.6 is 11.3 Å². The molecule has 3 heteroatoms. The fraction of sp³-hybridized carbons (Fsp3) is 0.0400. The van der Waals surface area contributed by atoms with Crippen LogP contribution in [0.25, 0.3) is 33.2 Å². The topological polar surface area (TPSA) is 32.3 Å². The fourth-order valence-corrected chi connectivity index (χ4v) is 4.58. The van der Waals surface area contributed by atoms with Crippen LogP contribution in [0.4, 0.5) is 5.00 Å². The van der Waals surface area contributed by atoms with Crippen molar-refractivity contribution < 1.29 is 5.11 Å². The van der Waals surface area contributed by atoms with Gasteiger partial charge in [-0.15, -0.1) is 11.3 Å². The number of hydrogen-bond donors (Lipinski definition) is 2. The lowest BCUT2D eigenvalue weighted by atomic mass is 10.00. The van der Waals surface area contributed by atoms with E-state index in [0.717, 1.165) is 17.7 Å². The first kappa shape index (κ1) is 16.8. The largest absolute Gasteiger partial charge is 0.508 e. The number of hydrogen-bond acceptors (Lipinski definition) is 3. The number of phenols is 1. The Balaban J connectivity index is 1.49. The molecule has 0 spiro atoms. The predicted octanol–water partition coefficient (Wildman–Crippen LogP) is 6.75. The predicted molar refractivity (Wildman–Crippen MR) is 120 cm³/mol. The molecule has 28 heavy (non-hydrogen) atoms. The molecule has 0 unspecified atom stereocenters. The molecule has 0 saturated heterocycles. The van der Waals surface area contributed by atoms with Crippen LogP contribution in [0.3, 0.4) is 0 Å². The summed E-state index contributed by atoms with van der Waals surface area (Å²) in [5, 5.41) is 14.3. The molecule has 5 rings (SSSR count). The Labute approximate surface area is 168 Å². The van der Waals surface area contributed by atoms with Gasteiger partial charge >= 0.3 is 0 Å². The number of benzene rings is 3. The molecule has 4 aromatic rings. The van der Waals surface area contributed by atoms with Crippen LogP contribution in [0.1, 0.15) is 11.1 Å². The van der Waals surface area contributed by atoms with Gasteiger partial charge in [0.05, 0.1) is 5.00 Å². The van der Waals surface area contributed by atoms with Crippen LogP contribution in [0.5, 0.6) is 5.75 Å². The minimum atomic E-state index is 0.290. The van der Waals surface area contributed by atoms with Crippen LogP contribution in [-0.4, -0.2) is 11.7 Å². The van der Waals surface area contributed by atoms with Crippen molar-refractivity contribution in [3.05, 3.63) is 96.1 Å². The molecule has 0 radical (unpaired) electrons. The minimum absolute atomic E-state index is 0.290. The van der Waals surface area contributed by atoms with Crippen LogP contribution in [0, 0.1) is 0 Å². The fourth-order valence-electron chi connectivity index (χ4n) is 3.55. The summed E-state index contributed by atoms with van der Waals surface area (Å²) in [5.74, 6) is 0.290. The molecular formula is C25H19NOS. The second kappa shape index (κ2) is 7.02. The molecule has 0 aliphatic carbocycles. The molecule has 2 N–H and O–H groups in total. The molecule has 1 aliphatic heterocycles. The number of phenolic OH excluding ortho intramolecular Hbond substituents is 1. The Bertz CT molecular complexity index is 1160. The van der Waals surface area contributed by atoms with Crippen molar-refractivity contribution >= 4 is 28.0 Å². The van der Waals surface area contributed by atoms with Gasteiger partial charge in [-0.05, 0) is 58.2 Å². The van der Waals surface area contributed by atoms with Crippen LogP contribution < -0.4 is 5.32 Å². The molecule has 0 saturated carbocycles. The Hall–Kier alpha value is -3.30. The molecule has 0 atom stereocenters. The van der Waals surface area contributed by atoms with E-state index in [1.807, 2.05) is 12.1 Å². The Morgan fingerprint density at radius 1 is 0.714 bits per heavy atom. The maximum Gasteiger partial charge on any atom is 0.115 e. The monoisotopic (exact) mass is 381 g/mol. The quantitative estimate of drug-likeness (QED) is 0.411. The second-order valence-electron chi connectivity index (χ2n) is 6.91. The van der Waals surface area contributed by atoms with Gasteiger partial charge < -0.3 is 10.4 Å². The molecule has 2 heterocycles. The van der Waals surface area contributed by atoms with E-state index >= 15 is 0 Å². The van der Waals surface area contributed by atoms with Crippen molar-refractivity contribution in [2.45, 2.75) is 0 Å². The highest BCUT2D eigenvalue weighted by Gasteiger charge is 2.15. The molecule has 0 amide bonds. The number of fused-ring (bicyclic) bond motifs is 1. The lowest BCUT2D eigenvalue weighted by Gasteiger charge is -2.15. The number of thiophene rings is 1. The van der Waals surface area contributed by atoms with E-state index < -0.39 is 0 Å². The lowest BCUT2D eigenvalue weighted by Crippen LogP contribution is -2.07.